The summed E-state index contributed by atoms with van der Waals surface area (Å²) < 4.78 is 13.3. The van der Waals surface area contributed by atoms with E-state index in [9.17, 15) is 14.0 Å². The molecule has 0 fully saturated rings. The van der Waals surface area contributed by atoms with E-state index in [1.165, 1.54) is 6.07 Å². The minimum absolute atomic E-state index is 0.0766. The minimum Gasteiger partial charge on any atom is -0.368 e. The molecule has 1 aromatic carbocycles. The van der Waals surface area contributed by atoms with Crippen molar-refractivity contribution in [3.8, 4) is 0 Å². The molecule has 4 N–H and O–H groups in total. The molecule has 0 unspecified atom stereocenters. The maximum Gasteiger partial charge on any atom is 0.271 e. The van der Waals surface area contributed by atoms with Gasteiger partial charge in [-0.3, -0.25) is 9.59 Å². The highest BCUT2D eigenvalue weighted by molar-refractivity contribution is 6.28. The number of rotatable bonds is 13. The summed E-state index contributed by atoms with van der Waals surface area (Å²) in [6.07, 6.45) is 4.86. The lowest BCUT2D eigenvalue weighted by Gasteiger charge is -2.08. The van der Waals surface area contributed by atoms with E-state index in [1.807, 2.05) is 0 Å². The number of carbonyl (C=O) groups is 2. The molecule has 0 aliphatic rings. The van der Waals surface area contributed by atoms with E-state index in [4.69, 9.17) is 11.6 Å². The fraction of sp³-hybridized carbons (Fsp3) is 0.500. The first kappa shape index (κ1) is 24.7. The Labute approximate surface area is 187 Å². The van der Waals surface area contributed by atoms with Gasteiger partial charge in [-0.25, -0.2) is 9.37 Å². The molecule has 0 saturated heterocycles. The standard InChI is InChI=1S/C22H31ClFN5O2/c1-3-4-6-11-25-20-19(28-22(23)29-20)21(31)26-12-7-5-8-18(30)27-14-16-9-10-17(24)15(2)13-16/h9-10,13,25H,3-8,11-12,14H2,1-2H3,(H,26,31)(H,27,30)(H,28,29). The first-order valence-electron chi connectivity index (χ1n) is 10.7. The van der Waals surface area contributed by atoms with Gasteiger partial charge in [0.1, 0.15) is 11.5 Å². The molecule has 2 rings (SSSR count). The molecule has 2 aromatic rings. The Morgan fingerprint density at radius 2 is 1.90 bits per heavy atom. The van der Waals surface area contributed by atoms with Crippen LogP contribution < -0.4 is 16.0 Å². The zero-order chi connectivity index (χ0) is 22.6. The molecule has 9 heteroatoms. The lowest BCUT2D eigenvalue weighted by molar-refractivity contribution is -0.121. The summed E-state index contributed by atoms with van der Waals surface area (Å²) in [7, 11) is 0. The number of halogens is 2. The van der Waals surface area contributed by atoms with Crippen LogP contribution >= 0.6 is 11.6 Å². The summed E-state index contributed by atoms with van der Waals surface area (Å²) in [5, 5.41) is 8.95. The van der Waals surface area contributed by atoms with E-state index >= 15 is 0 Å². The third kappa shape index (κ3) is 8.57. The van der Waals surface area contributed by atoms with Crippen LogP contribution in [0.3, 0.4) is 0 Å². The lowest BCUT2D eigenvalue weighted by atomic mass is 10.1. The van der Waals surface area contributed by atoms with Crippen molar-refractivity contribution in [3.63, 3.8) is 0 Å². The minimum atomic E-state index is -0.284. The lowest BCUT2D eigenvalue weighted by Crippen LogP contribution is -2.26. The summed E-state index contributed by atoms with van der Waals surface area (Å²) >= 11 is 5.91. The van der Waals surface area contributed by atoms with Crippen LogP contribution in [0.25, 0.3) is 0 Å². The Morgan fingerprint density at radius 1 is 1.13 bits per heavy atom. The molecule has 0 saturated carbocycles. The molecule has 2 amide bonds. The van der Waals surface area contributed by atoms with Crippen LogP contribution in [-0.4, -0.2) is 34.9 Å². The maximum atomic E-state index is 13.3. The predicted octanol–water partition coefficient (Wildman–Crippen LogP) is 4.33. The third-order valence-corrected chi connectivity index (χ3v) is 4.98. The molecule has 7 nitrogen and oxygen atoms in total. The van der Waals surface area contributed by atoms with Gasteiger partial charge in [0, 0.05) is 26.1 Å². The van der Waals surface area contributed by atoms with E-state index < -0.39 is 0 Å². The van der Waals surface area contributed by atoms with Crippen LogP contribution in [0.5, 0.6) is 0 Å². The molecule has 0 aliphatic carbocycles. The average Bonchev–Trinajstić information content (AvgIpc) is 3.12. The van der Waals surface area contributed by atoms with Crippen molar-refractivity contribution in [2.24, 2.45) is 0 Å². The molecule has 31 heavy (non-hydrogen) atoms. The molecule has 170 valence electrons. The normalized spacial score (nSPS) is 10.7. The molecule has 0 atom stereocenters. The molecule has 0 bridgehead atoms. The van der Waals surface area contributed by atoms with E-state index in [2.05, 4.69) is 32.8 Å². The van der Waals surface area contributed by atoms with Crippen molar-refractivity contribution < 1.29 is 14.0 Å². The average molecular weight is 452 g/mol. The topological polar surface area (TPSA) is 98.9 Å². The van der Waals surface area contributed by atoms with Gasteiger partial charge in [0.25, 0.3) is 5.91 Å². The van der Waals surface area contributed by atoms with Crippen molar-refractivity contribution in [1.29, 1.82) is 0 Å². The van der Waals surface area contributed by atoms with Gasteiger partial charge in [0.05, 0.1) is 0 Å². The van der Waals surface area contributed by atoms with Crippen LogP contribution in [0.15, 0.2) is 18.2 Å². The summed E-state index contributed by atoms with van der Waals surface area (Å²) in [4.78, 5) is 31.3. The number of imidazole rings is 1. The number of aromatic amines is 1. The van der Waals surface area contributed by atoms with Gasteiger partial charge in [0.15, 0.2) is 5.82 Å². The zero-order valence-electron chi connectivity index (χ0n) is 18.1. The molecular weight excluding hydrogens is 421 g/mol. The highest BCUT2D eigenvalue weighted by atomic mass is 35.5. The van der Waals surface area contributed by atoms with Gasteiger partial charge in [-0.1, -0.05) is 31.9 Å². The molecule has 0 radical (unpaired) electrons. The van der Waals surface area contributed by atoms with Gasteiger partial charge >= 0.3 is 0 Å². The van der Waals surface area contributed by atoms with Crippen LogP contribution in [-0.2, 0) is 11.3 Å². The summed E-state index contributed by atoms with van der Waals surface area (Å²) in [5.41, 5.74) is 1.73. The molecule has 1 aromatic heterocycles. The molecular formula is C22H31ClFN5O2. The number of nitrogens with one attached hydrogen (secondary N) is 4. The second-order valence-corrected chi connectivity index (χ2v) is 7.82. The molecule has 0 aliphatic heterocycles. The number of anilines is 1. The van der Waals surface area contributed by atoms with Crippen LogP contribution in [0.1, 0.15) is 67.1 Å². The Hall–Kier alpha value is -2.61. The number of carbonyl (C=O) groups excluding carboxylic acids is 2. The van der Waals surface area contributed by atoms with Crippen molar-refractivity contribution in [2.45, 2.75) is 58.9 Å². The van der Waals surface area contributed by atoms with E-state index in [0.717, 1.165) is 31.4 Å². The highest BCUT2D eigenvalue weighted by Crippen LogP contribution is 2.16. The molecule has 1 heterocycles. The van der Waals surface area contributed by atoms with Crippen molar-refractivity contribution in [3.05, 3.63) is 46.1 Å². The van der Waals surface area contributed by atoms with Crippen LogP contribution in [0, 0.1) is 12.7 Å². The number of aromatic nitrogens is 2. The number of benzene rings is 1. The monoisotopic (exact) mass is 451 g/mol. The largest absolute Gasteiger partial charge is 0.368 e. The molecule has 0 spiro atoms. The smallest absolute Gasteiger partial charge is 0.271 e. The van der Waals surface area contributed by atoms with Gasteiger partial charge in [-0.15, -0.1) is 0 Å². The maximum absolute atomic E-state index is 13.3. The highest BCUT2D eigenvalue weighted by Gasteiger charge is 2.16. The summed E-state index contributed by atoms with van der Waals surface area (Å²) in [6, 6.07) is 4.78. The fourth-order valence-electron chi connectivity index (χ4n) is 3.03. The number of H-pyrrole nitrogens is 1. The SMILES string of the molecule is CCCCCNc1nc(Cl)[nH]c1C(=O)NCCCCC(=O)NCc1ccc(F)c(C)c1. The Morgan fingerprint density at radius 3 is 2.65 bits per heavy atom. The number of amides is 2. The second-order valence-electron chi connectivity index (χ2n) is 7.46. The number of aryl methyl sites for hydroxylation is 1. The first-order valence-corrected chi connectivity index (χ1v) is 11.1. The number of hydrogen-bond acceptors (Lipinski definition) is 4. The fourth-order valence-corrected chi connectivity index (χ4v) is 3.20. The third-order valence-electron chi connectivity index (χ3n) is 4.80. The van der Waals surface area contributed by atoms with Gasteiger partial charge in [0.2, 0.25) is 11.2 Å². The Kier molecular flexibility index (Phi) is 10.3. The van der Waals surface area contributed by atoms with Gasteiger partial charge in [-0.05, 0) is 55.0 Å². The van der Waals surface area contributed by atoms with Crippen LogP contribution in [0.2, 0.25) is 5.28 Å². The summed E-state index contributed by atoms with van der Waals surface area (Å²) in [6.45, 7) is 5.35. The Balaban J connectivity index is 1.65. The second kappa shape index (κ2) is 12.9. The van der Waals surface area contributed by atoms with Crippen molar-refractivity contribution >= 4 is 29.2 Å². The quantitative estimate of drug-likeness (QED) is 0.340. The van der Waals surface area contributed by atoms with E-state index in [-0.39, 0.29) is 22.9 Å². The van der Waals surface area contributed by atoms with Crippen molar-refractivity contribution in [2.75, 3.05) is 18.4 Å². The zero-order valence-corrected chi connectivity index (χ0v) is 18.9. The summed E-state index contributed by atoms with van der Waals surface area (Å²) in [5.74, 6) is -0.163. The van der Waals surface area contributed by atoms with Gasteiger partial charge < -0.3 is 20.9 Å². The predicted molar refractivity (Wildman–Crippen MR) is 121 cm³/mol. The number of unbranched alkanes of at least 4 members (excludes halogenated alkanes) is 3. The number of hydrogen-bond donors (Lipinski definition) is 4. The number of nitrogens with zero attached hydrogens (tertiary/aromatic N) is 1. The van der Waals surface area contributed by atoms with Crippen molar-refractivity contribution in [1.82, 2.24) is 20.6 Å². The van der Waals surface area contributed by atoms with E-state index in [1.54, 1.807) is 19.1 Å². The van der Waals surface area contributed by atoms with Crippen LogP contribution in [0.4, 0.5) is 10.2 Å². The Bertz CT molecular complexity index is 872. The van der Waals surface area contributed by atoms with E-state index in [0.29, 0.717) is 49.4 Å². The first-order chi connectivity index (χ1) is 14.9. The van der Waals surface area contributed by atoms with Gasteiger partial charge in [-0.2, -0.15) is 0 Å².